The first-order valence-corrected chi connectivity index (χ1v) is 19.6. The van der Waals surface area contributed by atoms with Crippen LogP contribution in [0.1, 0.15) is 66.0 Å². The summed E-state index contributed by atoms with van der Waals surface area (Å²) in [5.74, 6) is 0.287. The van der Waals surface area contributed by atoms with E-state index >= 15 is 0 Å². The molecule has 0 saturated carbocycles. The van der Waals surface area contributed by atoms with Crippen LogP contribution < -0.4 is 30.2 Å². The van der Waals surface area contributed by atoms with Crippen LogP contribution >= 0.6 is 11.6 Å². The molecule has 0 radical (unpaired) electrons. The summed E-state index contributed by atoms with van der Waals surface area (Å²) in [5.41, 5.74) is 4.75. The highest BCUT2D eigenvalue weighted by molar-refractivity contribution is 6.35. The number of halogens is 4. The van der Waals surface area contributed by atoms with E-state index in [0.29, 0.717) is 86.9 Å². The minimum absolute atomic E-state index is 0.000697. The summed E-state index contributed by atoms with van der Waals surface area (Å²) in [7, 11) is 3.00. The van der Waals surface area contributed by atoms with Gasteiger partial charge in [-0.3, -0.25) is 19.5 Å². The fourth-order valence-corrected chi connectivity index (χ4v) is 9.07. The van der Waals surface area contributed by atoms with Crippen LogP contribution in [0, 0.1) is 5.41 Å². The second-order valence-electron chi connectivity index (χ2n) is 15.5. The van der Waals surface area contributed by atoms with Crippen molar-refractivity contribution in [3.63, 3.8) is 0 Å². The minimum Gasteiger partial charge on any atom is -0.496 e. The Kier molecular flexibility index (Phi) is 10.8. The van der Waals surface area contributed by atoms with E-state index in [1.54, 1.807) is 13.3 Å². The van der Waals surface area contributed by atoms with Crippen molar-refractivity contribution in [2.75, 3.05) is 40.4 Å². The van der Waals surface area contributed by atoms with Gasteiger partial charge in [0.05, 0.1) is 24.9 Å². The molecule has 3 saturated heterocycles. The predicted octanol–water partition coefficient (Wildman–Crippen LogP) is 6.65. The number of likely N-dealkylation sites (tertiary alicyclic amines) is 1. The fourth-order valence-electron chi connectivity index (χ4n) is 8.75. The van der Waals surface area contributed by atoms with E-state index in [0.717, 1.165) is 45.9 Å². The van der Waals surface area contributed by atoms with Crippen molar-refractivity contribution in [1.82, 2.24) is 30.8 Å². The van der Waals surface area contributed by atoms with Crippen LogP contribution in [0.2, 0.25) is 5.02 Å². The third kappa shape index (κ3) is 7.99. The summed E-state index contributed by atoms with van der Waals surface area (Å²) in [6.45, 7) is 3.18. The number of amides is 2. The Bertz CT molecular complexity index is 2200. The Labute approximate surface area is 333 Å². The van der Waals surface area contributed by atoms with Crippen LogP contribution in [-0.4, -0.2) is 73.1 Å². The molecule has 1 aliphatic carbocycles. The minimum atomic E-state index is -4.73. The first-order chi connectivity index (χ1) is 27.4. The summed E-state index contributed by atoms with van der Waals surface area (Å²) in [6, 6.07) is 14.6. The number of ether oxygens (including phenoxy) is 3. The van der Waals surface area contributed by atoms with Gasteiger partial charge in [-0.25, -0.2) is 0 Å². The lowest BCUT2D eigenvalue weighted by atomic mass is 9.79. The number of methoxy groups -OCH3 is 2. The van der Waals surface area contributed by atoms with Gasteiger partial charge in [-0.05, 0) is 60.6 Å². The molecule has 1 spiro atoms. The van der Waals surface area contributed by atoms with Gasteiger partial charge in [0.2, 0.25) is 23.6 Å². The van der Waals surface area contributed by atoms with Gasteiger partial charge in [-0.1, -0.05) is 41.9 Å². The lowest BCUT2D eigenvalue weighted by Crippen LogP contribution is -2.56. The zero-order chi connectivity index (χ0) is 39.9. The third-order valence-corrected chi connectivity index (χ3v) is 11.9. The van der Waals surface area contributed by atoms with Crippen LogP contribution in [0.25, 0.3) is 22.4 Å². The zero-order valence-electron chi connectivity index (χ0n) is 31.7. The van der Waals surface area contributed by atoms with Crippen molar-refractivity contribution in [2.45, 2.75) is 69.9 Å². The Morgan fingerprint density at radius 2 is 1.82 bits per heavy atom. The second kappa shape index (κ2) is 15.8. The lowest BCUT2D eigenvalue weighted by Gasteiger charge is -2.47. The van der Waals surface area contributed by atoms with Crippen LogP contribution in [0.15, 0.2) is 54.7 Å². The highest BCUT2D eigenvalue weighted by Crippen LogP contribution is 2.46. The molecule has 3 fully saturated rings. The monoisotopic (exact) mass is 804 g/mol. The molecule has 2 aromatic carbocycles. The van der Waals surface area contributed by atoms with Gasteiger partial charge in [-0.15, -0.1) is 0 Å². The first-order valence-electron chi connectivity index (χ1n) is 19.2. The van der Waals surface area contributed by atoms with Gasteiger partial charge in [0.15, 0.2) is 0 Å². The van der Waals surface area contributed by atoms with Crippen molar-refractivity contribution in [3.05, 3.63) is 87.6 Å². The normalized spacial score (nSPS) is 20.2. The number of nitrogens with one attached hydrogen (secondary N) is 3. The van der Waals surface area contributed by atoms with E-state index in [2.05, 4.69) is 25.9 Å². The standard InChI is InChI=1S/C42H44ClF3N6O5/c1-55-34-16-24(9-10-25(34)18-47-19-27-11-12-35(53)50-27)38-37(43)31(13-14-48-38)29-5-3-7-30-28(29)6-4-8-33(30)57-40-32(42(44,45)46)15-26(39(51-40)56-2)20-52-22-41(23-52)17-36(54)49-21-41/h3,5,7,9-10,13-16,27,33,47H,4,6,8,11-12,17-23H2,1-2H3,(H,49,54)(H,50,53)/t27-,33+/m1/s1. The van der Waals surface area contributed by atoms with Crippen molar-refractivity contribution in [2.24, 2.45) is 5.41 Å². The average molecular weight is 805 g/mol. The van der Waals surface area contributed by atoms with Gasteiger partial charge in [0, 0.05) is 92.0 Å². The van der Waals surface area contributed by atoms with Crippen LogP contribution in [0.4, 0.5) is 13.2 Å². The molecule has 4 aromatic rings. The molecular weight excluding hydrogens is 761 g/mol. The zero-order valence-corrected chi connectivity index (χ0v) is 32.5. The van der Waals surface area contributed by atoms with E-state index in [-0.39, 0.29) is 35.7 Å². The number of hydrogen-bond acceptors (Lipinski definition) is 9. The molecule has 15 heteroatoms. The van der Waals surface area contributed by atoms with Gasteiger partial charge >= 0.3 is 6.18 Å². The Morgan fingerprint density at radius 1 is 0.982 bits per heavy atom. The van der Waals surface area contributed by atoms with Crippen LogP contribution in [0.3, 0.4) is 0 Å². The molecule has 2 atom stereocenters. The molecule has 5 heterocycles. The Hall–Kier alpha value is -4.92. The van der Waals surface area contributed by atoms with Crippen LogP contribution in [0.5, 0.6) is 17.5 Å². The van der Waals surface area contributed by atoms with E-state index < -0.39 is 23.7 Å². The number of hydrogen-bond donors (Lipinski definition) is 3. The SMILES string of the molecule is COc1cc(-c2nccc(-c3cccc4c3CCC[C@@H]4Oc3nc(OC)c(CN4CC5(CNC(=O)C5)C4)cc3C(F)(F)F)c2Cl)ccc1CNC[C@H]1CCC(=O)N1. The summed E-state index contributed by atoms with van der Waals surface area (Å²) in [5, 5.41) is 9.65. The molecule has 4 aliphatic rings. The van der Waals surface area contributed by atoms with E-state index in [1.807, 2.05) is 47.4 Å². The number of carbonyl (C=O) groups is 2. The topological polar surface area (TPSA) is 127 Å². The number of carbonyl (C=O) groups excluding carboxylic acids is 2. The smallest absolute Gasteiger partial charge is 0.421 e. The summed E-state index contributed by atoms with van der Waals surface area (Å²) in [6.07, 6.45) is -0.100. The number of fused-ring (bicyclic) bond motifs is 1. The average Bonchev–Trinajstić information content (AvgIpc) is 3.79. The molecule has 57 heavy (non-hydrogen) atoms. The molecule has 2 aromatic heterocycles. The number of rotatable bonds is 12. The van der Waals surface area contributed by atoms with Crippen molar-refractivity contribution >= 4 is 23.4 Å². The highest BCUT2D eigenvalue weighted by Gasteiger charge is 2.48. The third-order valence-electron chi connectivity index (χ3n) is 11.5. The van der Waals surface area contributed by atoms with E-state index in [1.165, 1.54) is 7.11 Å². The van der Waals surface area contributed by atoms with Crippen molar-refractivity contribution in [1.29, 1.82) is 0 Å². The summed E-state index contributed by atoms with van der Waals surface area (Å²) < 4.78 is 61.5. The molecule has 300 valence electrons. The molecule has 11 nitrogen and oxygen atoms in total. The quantitative estimate of drug-likeness (QED) is 0.144. The van der Waals surface area contributed by atoms with E-state index in [9.17, 15) is 22.8 Å². The summed E-state index contributed by atoms with van der Waals surface area (Å²) >= 11 is 7.15. The maximum absolute atomic E-state index is 14.7. The molecular formula is C42H44ClF3N6O5. The molecule has 8 rings (SSSR count). The number of nitrogens with zero attached hydrogens (tertiary/aromatic N) is 3. The largest absolute Gasteiger partial charge is 0.496 e. The van der Waals surface area contributed by atoms with Crippen molar-refractivity contribution < 1.29 is 37.0 Å². The van der Waals surface area contributed by atoms with Crippen LogP contribution in [-0.2, 0) is 35.3 Å². The lowest BCUT2D eigenvalue weighted by molar-refractivity contribution is -0.140. The maximum atomic E-state index is 14.7. The predicted molar refractivity (Wildman–Crippen MR) is 207 cm³/mol. The fraction of sp³-hybridized carbons (Fsp3) is 0.429. The Morgan fingerprint density at radius 3 is 2.54 bits per heavy atom. The molecule has 0 bridgehead atoms. The van der Waals surface area contributed by atoms with Crippen molar-refractivity contribution in [3.8, 4) is 39.9 Å². The number of alkyl halides is 3. The number of aromatic nitrogens is 2. The molecule has 0 unspecified atom stereocenters. The maximum Gasteiger partial charge on any atom is 0.421 e. The van der Waals surface area contributed by atoms with Gasteiger partial charge in [-0.2, -0.15) is 18.2 Å². The van der Waals surface area contributed by atoms with E-state index in [4.69, 9.17) is 25.8 Å². The second-order valence-corrected chi connectivity index (χ2v) is 15.8. The number of pyridine rings is 2. The van der Waals surface area contributed by atoms with Gasteiger partial charge in [0.1, 0.15) is 17.4 Å². The first kappa shape index (κ1) is 38.9. The Balaban J connectivity index is 1.03. The highest BCUT2D eigenvalue weighted by atomic mass is 35.5. The molecule has 3 N–H and O–H groups in total. The van der Waals surface area contributed by atoms with Gasteiger partial charge < -0.3 is 30.2 Å². The number of benzene rings is 2. The van der Waals surface area contributed by atoms with Gasteiger partial charge in [0.25, 0.3) is 0 Å². The molecule has 2 amide bonds. The summed E-state index contributed by atoms with van der Waals surface area (Å²) in [4.78, 5) is 34.3. The molecule has 3 aliphatic heterocycles.